The molecule has 3 N–H and O–H groups in total. The smallest absolute Gasteiger partial charge is 0.267 e. The third-order valence-corrected chi connectivity index (χ3v) is 2.73. The highest BCUT2D eigenvalue weighted by Gasteiger charge is 2.08. The third kappa shape index (κ3) is 2.98. The highest BCUT2D eigenvalue weighted by molar-refractivity contribution is 5.92. The first-order valence-corrected chi connectivity index (χ1v) is 5.75. The van der Waals surface area contributed by atoms with E-state index in [0.717, 1.165) is 10.2 Å². The Kier molecular flexibility index (Phi) is 3.61. The van der Waals surface area contributed by atoms with Crippen LogP contribution < -0.4 is 16.6 Å². The molecule has 98 valence electrons. The van der Waals surface area contributed by atoms with E-state index in [1.165, 1.54) is 18.3 Å². The van der Waals surface area contributed by atoms with Crippen LogP contribution in [0.3, 0.4) is 0 Å². The zero-order chi connectivity index (χ0) is 13.8. The number of nitrogen functional groups attached to an aromatic ring is 1. The Morgan fingerprint density at radius 1 is 1.37 bits per heavy atom. The van der Waals surface area contributed by atoms with Crippen molar-refractivity contribution in [2.24, 2.45) is 0 Å². The Morgan fingerprint density at radius 3 is 2.89 bits per heavy atom. The second-order valence-corrected chi connectivity index (χ2v) is 4.09. The molecular formula is C13H14N4O2. The first-order valence-electron chi connectivity index (χ1n) is 5.75. The van der Waals surface area contributed by atoms with Crippen molar-refractivity contribution in [1.82, 2.24) is 9.78 Å². The van der Waals surface area contributed by atoms with Crippen LogP contribution in [0, 0.1) is 6.92 Å². The molecule has 0 saturated heterocycles. The number of nitrogens with one attached hydrogen (secondary N) is 1. The van der Waals surface area contributed by atoms with E-state index < -0.39 is 0 Å². The number of anilines is 2. The van der Waals surface area contributed by atoms with Crippen LogP contribution in [0.4, 0.5) is 11.4 Å². The number of hydrogen-bond acceptors (Lipinski definition) is 4. The summed E-state index contributed by atoms with van der Waals surface area (Å²) in [6, 6.07) is 8.15. The highest BCUT2D eigenvalue weighted by Crippen LogP contribution is 2.20. The fraction of sp³-hybridized carbons (Fsp3) is 0.154. The number of benzene rings is 1. The van der Waals surface area contributed by atoms with Gasteiger partial charge in [-0.15, -0.1) is 0 Å². The summed E-state index contributed by atoms with van der Waals surface area (Å²) < 4.78 is 1.09. The van der Waals surface area contributed by atoms with Crippen molar-refractivity contribution in [3.05, 3.63) is 52.4 Å². The van der Waals surface area contributed by atoms with Gasteiger partial charge in [0.05, 0.1) is 0 Å². The van der Waals surface area contributed by atoms with Gasteiger partial charge in [-0.05, 0) is 30.7 Å². The predicted octanol–water partition coefficient (Wildman–Crippen LogP) is 0.773. The summed E-state index contributed by atoms with van der Waals surface area (Å²) in [7, 11) is 0. The Bertz CT molecular complexity index is 664. The quantitative estimate of drug-likeness (QED) is 0.796. The lowest BCUT2D eigenvalue weighted by molar-refractivity contribution is -0.117. The molecule has 1 aromatic carbocycles. The van der Waals surface area contributed by atoms with E-state index >= 15 is 0 Å². The zero-order valence-electron chi connectivity index (χ0n) is 10.5. The summed E-state index contributed by atoms with van der Waals surface area (Å²) in [5.41, 5.74) is 7.47. The van der Waals surface area contributed by atoms with Gasteiger partial charge in [0.1, 0.15) is 6.54 Å². The van der Waals surface area contributed by atoms with Gasteiger partial charge in [0.2, 0.25) is 5.91 Å². The summed E-state index contributed by atoms with van der Waals surface area (Å²) in [5.74, 6) is -0.325. The number of nitrogens with two attached hydrogens (primary N) is 1. The van der Waals surface area contributed by atoms with E-state index in [4.69, 9.17) is 5.73 Å². The van der Waals surface area contributed by atoms with Crippen LogP contribution in [0.2, 0.25) is 0 Å². The summed E-state index contributed by atoms with van der Waals surface area (Å²) >= 11 is 0. The Morgan fingerprint density at radius 2 is 2.16 bits per heavy atom. The van der Waals surface area contributed by atoms with E-state index in [-0.39, 0.29) is 18.0 Å². The largest absolute Gasteiger partial charge is 0.398 e. The summed E-state index contributed by atoms with van der Waals surface area (Å²) in [6.45, 7) is 1.69. The molecule has 0 unspecified atom stereocenters. The topological polar surface area (TPSA) is 90.0 Å². The third-order valence-electron chi connectivity index (χ3n) is 2.73. The summed E-state index contributed by atoms with van der Waals surface area (Å²) in [5, 5.41) is 6.53. The van der Waals surface area contributed by atoms with E-state index in [2.05, 4.69) is 10.4 Å². The molecule has 0 fully saturated rings. The van der Waals surface area contributed by atoms with E-state index in [0.29, 0.717) is 11.4 Å². The Balaban J connectivity index is 2.12. The Hall–Kier alpha value is -2.63. The molecule has 0 radical (unpaired) electrons. The summed E-state index contributed by atoms with van der Waals surface area (Å²) in [4.78, 5) is 23.3. The van der Waals surface area contributed by atoms with Gasteiger partial charge >= 0.3 is 0 Å². The molecule has 0 aliphatic heterocycles. The van der Waals surface area contributed by atoms with Gasteiger partial charge in [-0.3, -0.25) is 9.59 Å². The van der Waals surface area contributed by atoms with Gasteiger partial charge in [-0.25, -0.2) is 4.68 Å². The number of hydrogen-bond donors (Lipinski definition) is 2. The van der Waals surface area contributed by atoms with Crippen molar-refractivity contribution in [2.45, 2.75) is 13.5 Å². The molecule has 0 aliphatic rings. The lowest BCUT2D eigenvalue weighted by Gasteiger charge is -2.10. The van der Waals surface area contributed by atoms with Crippen molar-refractivity contribution in [3.63, 3.8) is 0 Å². The lowest BCUT2D eigenvalue weighted by atomic mass is 10.1. The van der Waals surface area contributed by atoms with Crippen molar-refractivity contribution < 1.29 is 4.79 Å². The summed E-state index contributed by atoms with van der Waals surface area (Å²) in [6.07, 6.45) is 1.46. The standard InChI is InChI=1S/C13H14N4O2/c1-9-10(14)4-2-5-11(9)16-12(18)8-17-13(19)6-3-7-15-17/h2-7H,8,14H2,1H3,(H,16,18). The number of aromatic nitrogens is 2. The molecule has 2 aromatic rings. The fourth-order valence-corrected chi connectivity index (χ4v) is 1.62. The molecule has 6 heteroatoms. The molecule has 1 amide bonds. The minimum absolute atomic E-state index is 0.131. The molecule has 1 heterocycles. The first-order chi connectivity index (χ1) is 9.08. The lowest BCUT2D eigenvalue weighted by Crippen LogP contribution is -2.28. The van der Waals surface area contributed by atoms with E-state index in [1.807, 2.05) is 6.92 Å². The van der Waals surface area contributed by atoms with Crippen LogP contribution in [-0.4, -0.2) is 15.7 Å². The van der Waals surface area contributed by atoms with Crippen LogP contribution in [0.15, 0.2) is 41.3 Å². The van der Waals surface area contributed by atoms with Crippen LogP contribution in [0.25, 0.3) is 0 Å². The second kappa shape index (κ2) is 5.34. The fourth-order valence-electron chi connectivity index (χ4n) is 1.62. The van der Waals surface area contributed by atoms with Crippen molar-refractivity contribution in [3.8, 4) is 0 Å². The average molecular weight is 258 g/mol. The number of rotatable bonds is 3. The maximum atomic E-state index is 11.8. The van der Waals surface area contributed by atoms with E-state index in [9.17, 15) is 9.59 Å². The maximum Gasteiger partial charge on any atom is 0.267 e. The first kappa shape index (κ1) is 12.8. The molecule has 0 aliphatic carbocycles. The number of nitrogens with zero attached hydrogens (tertiary/aromatic N) is 2. The van der Waals surface area contributed by atoms with Crippen molar-refractivity contribution in [1.29, 1.82) is 0 Å². The molecule has 2 rings (SSSR count). The van der Waals surface area contributed by atoms with Gasteiger partial charge < -0.3 is 11.1 Å². The average Bonchev–Trinajstić information content (AvgIpc) is 2.38. The minimum atomic E-state index is -0.325. The monoisotopic (exact) mass is 258 g/mol. The molecule has 1 aromatic heterocycles. The molecule has 0 atom stereocenters. The maximum absolute atomic E-state index is 11.8. The normalized spacial score (nSPS) is 10.2. The van der Waals surface area contributed by atoms with Gasteiger partial charge in [-0.1, -0.05) is 6.07 Å². The Labute approximate surface area is 109 Å². The number of carbonyl (C=O) groups excluding carboxylic acids is 1. The van der Waals surface area contributed by atoms with Gasteiger partial charge in [-0.2, -0.15) is 5.10 Å². The van der Waals surface area contributed by atoms with Gasteiger partial charge in [0.15, 0.2) is 0 Å². The highest BCUT2D eigenvalue weighted by atomic mass is 16.2. The van der Waals surface area contributed by atoms with Gasteiger partial charge in [0.25, 0.3) is 5.56 Å². The minimum Gasteiger partial charge on any atom is -0.398 e. The van der Waals surface area contributed by atoms with Gasteiger partial charge in [0, 0.05) is 23.6 Å². The molecule has 0 bridgehead atoms. The number of carbonyl (C=O) groups is 1. The van der Waals surface area contributed by atoms with E-state index in [1.54, 1.807) is 18.2 Å². The van der Waals surface area contributed by atoms with Crippen LogP contribution in [0.5, 0.6) is 0 Å². The molecule has 0 saturated carbocycles. The molecular weight excluding hydrogens is 244 g/mol. The van der Waals surface area contributed by atoms with Crippen LogP contribution >= 0.6 is 0 Å². The second-order valence-electron chi connectivity index (χ2n) is 4.09. The van der Waals surface area contributed by atoms with Crippen molar-refractivity contribution in [2.75, 3.05) is 11.1 Å². The predicted molar refractivity (Wildman–Crippen MR) is 72.7 cm³/mol. The van der Waals surface area contributed by atoms with Crippen LogP contribution in [0.1, 0.15) is 5.56 Å². The van der Waals surface area contributed by atoms with Crippen molar-refractivity contribution >= 4 is 17.3 Å². The molecule has 0 spiro atoms. The molecule has 19 heavy (non-hydrogen) atoms. The molecule has 6 nitrogen and oxygen atoms in total. The number of amides is 1. The SMILES string of the molecule is Cc1c(N)cccc1NC(=O)Cn1ncccc1=O. The van der Waals surface area contributed by atoms with Crippen LogP contribution in [-0.2, 0) is 11.3 Å². The zero-order valence-corrected chi connectivity index (χ0v) is 10.5.